The number of hydrazine groups is 1. The van der Waals surface area contributed by atoms with Crippen LogP contribution >= 0.6 is 0 Å². The van der Waals surface area contributed by atoms with E-state index < -0.39 is 11.7 Å². The van der Waals surface area contributed by atoms with Gasteiger partial charge in [0, 0.05) is 5.69 Å². The number of hydrogen-bond donors (Lipinski definition) is 3. The summed E-state index contributed by atoms with van der Waals surface area (Å²) in [6.07, 6.45) is 0. The summed E-state index contributed by atoms with van der Waals surface area (Å²) in [5, 5.41) is 0. The van der Waals surface area contributed by atoms with Crippen molar-refractivity contribution in [2.45, 2.75) is 13.8 Å². The molecule has 1 aromatic rings. The molecule has 0 atom stereocenters. The van der Waals surface area contributed by atoms with Crippen molar-refractivity contribution >= 4 is 11.8 Å². The molecule has 0 bridgehead atoms. The van der Waals surface area contributed by atoms with Gasteiger partial charge in [-0.15, -0.1) is 0 Å². The van der Waals surface area contributed by atoms with E-state index in [1.807, 2.05) is 0 Å². The second-order valence-corrected chi connectivity index (χ2v) is 2.76. The van der Waals surface area contributed by atoms with Crippen LogP contribution in [0.5, 0.6) is 0 Å². The zero-order chi connectivity index (χ0) is 11.4. The maximum atomic E-state index is 11.5. The van der Waals surface area contributed by atoms with Crippen LogP contribution in [-0.4, -0.2) is 22.5 Å². The first-order valence-electron chi connectivity index (χ1n) is 4.34. The molecule has 1 aromatic heterocycles. The van der Waals surface area contributed by atoms with E-state index in [0.29, 0.717) is 5.69 Å². The SMILES string of the molecule is CCOC(=O)c1c(NN)nc(=O)[nH]c1C. The van der Waals surface area contributed by atoms with Gasteiger partial charge in [0.2, 0.25) is 0 Å². The van der Waals surface area contributed by atoms with Crippen LogP contribution in [0.15, 0.2) is 4.79 Å². The number of nitrogens with two attached hydrogens (primary N) is 1. The number of aromatic nitrogens is 2. The Hall–Kier alpha value is -1.89. The summed E-state index contributed by atoms with van der Waals surface area (Å²) < 4.78 is 4.79. The molecule has 0 amide bonds. The zero-order valence-corrected chi connectivity index (χ0v) is 8.46. The molecule has 1 rings (SSSR count). The van der Waals surface area contributed by atoms with Crippen molar-refractivity contribution in [1.82, 2.24) is 9.97 Å². The predicted octanol–water partition coefficient (Wildman–Crippen LogP) is -0.459. The highest BCUT2D eigenvalue weighted by Gasteiger charge is 2.17. The molecule has 15 heavy (non-hydrogen) atoms. The van der Waals surface area contributed by atoms with Crippen LogP contribution in [-0.2, 0) is 4.74 Å². The number of nitrogens with zero attached hydrogens (tertiary/aromatic N) is 1. The van der Waals surface area contributed by atoms with Crippen molar-refractivity contribution in [2.24, 2.45) is 5.84 Å². The number of aromatic amines is 1. The minimum Gasteiger partial charge on any atom is -0.462 e. The van der Waals surface area contributed by atoms with E-state index in [1.165, 1.54) is 0 Å². The molecule has 0 saturated heterocycles. The monoisotopic (exact) mass is 212 g/mol. The lowest BCUT2D eigenvalue weighted by molar-refractivity contribution is 0.0525. The quantitative estimate of drug-likeness (QED) is 0.355. The summed E-state index contributed by atoms with van der Waals surface area (Å²) in [7, 11) is 0. The Labute approximate surface area is 85.6 Å². The standard InChI is InChI=1S/C8H12N4O3/c1-3-15-7(13)5-4(2)10-8(14)11-6(5)12-9/h3,9H2,1-2H3,(H2,10,11,12,14). The second-order valence-electron chi connectivity index (χ2n) is 2.76. The smallest absolute Gasteiger partial charge is 0.347 e. The number of esters is 1. The van der Waals surface area contributed by atoms with Gasteiger partial charge in [0.15, 0.2) is 5.82 Å². The lowest BCUT2D eigenvalue weighted by Gasteiger charge is -2.08. The third-order valence-corrected chi connectivity index (χ3v) is 1.74. The van der Waals surface area contributed by atoms with Crippen molar-refractivity contribution in [3.8, 4) is 0 Å². The molecule has 0 aliphatic rings. The van der Waals surface area contributed by atoms with Crippen LogP contribution in [0.2, 0.25) is 0 Å². The number of aryl methyl sites for hydroxylation is 1. The van der Waals surface area contributed by atoms with Crippen LogP contribution in [0.4, 0.5) is 5.82 Å². The first-order valence-corrected chi connectivity index (χ1v) is 4.34. The third-order valence-electron chi connectivity index (χ3n) is 1.74. The van der Waals surface area contributed by atoms with E-state index in [-0.39, 0.29) is 18.0 Å². The average Bonchev–Trinajstić information content (AvgIpc) is 2.16. The number of carbonyl (C=O) groups is 1. The second kappa shape index (κ2) is 4.56. The topological polar surface area (TPSA) is 110 Å². The van der Waals surface area contributed by atoms with Crippen molar-refractivity contribution in [2.75, 3.05) is 12.0 Å². The minimum absolute atomic E-state index is 0.00898. The van der Waals surface area contributed by atoms with Gasteiger partial charge in [0.1, 0.15) is 5.56 Å². The molecule has 1 heterocycles. The molecule has 0 saturated carbocycles. The van der Waals surface area contributed by atoms with E-state index in [4.69, 9.17) is 10.6 Å². The molecule has 0 aliphatic carbocycles. The predicted molar refractivity (Wildman–Crippen MR) is 53.4 cm³/mol. The minimum atomic E-state index is -0.577. The van der Waals surface area contributed by atoms with Gasteiger partial charge in [-0.3, -0.25) is 0 Å². The molecule has 0 radical (unpaired) electrons. The Morgan fingerprint density at radius 1 is 1.67 bits per heavy atom. The van der Waals surface area contributed by atoms with Crippen molar-refractivity contribution in [3.05, 3.63) is 21.7 Å². The Bertz CT molecular complexity index is 426. The average molecular weight is 212 g/mol. The lowest BCUT2D eigenvalue weighted by atomic mass is 10.2. The molecular formula is C8H12N4O3. The number of nitrogens with one attached hydrogen (secondary N) is 2. The molecule has 7 nitrogen and oxygen atoms in total. The lowest BCUT2D eigenvalue weighted by Crippen LogP contribution is -2.23. The van der Waals surface area contributed by atoms with E-state index in [1.54, 1.807) is 13.8 Å². The van der Waals surface area contributed by atoms with E-state index in [0.717, 1.165) is 0 Å². The van der Waals surface area contributed by atoms with Gasteiger partial charge in [-0.05, 0) is 13.8 Å². The molecule has 0 aromatic carbocycles. The Balaban J connectivity index is 3.26. The van der Waals surface area contributed by atoms with Crippen molar-refractivity contribution in [3.63, 3.8) is 0 Å². The molecule has 0 spiro atoms. The highest BCUT2D eigenvalue weighted by atomic mass is 16.5. The van der Waals surface area contributed by atoms with Crippen molar-refractivity contribution < 1.29 is 9.53 Å². The van der Waals surface area contributed by atoms with E-state index >= 15 is 0 Å². The Kier molecular flexibility index (Phi) is 3.40. The van der Waals surface area contributed by atoms with Crippen LogP contribution in [0, 0.1) is 6.92 Å². The Morgan fingerprint density at radius 3 is 2.87 bits per heavy atom. The molecule has 82 valence electrons. The van der Waals surface area contributed by atoms with Crippen LogP contribution in [0.3, 0.4) is 0 Å². The highest BCUT2D eigenvalue weighted by Crippen LogP contribution is 2.13. The van der Waals surface area contributed by atoms with E-state index in [9.17, 15) is 9.59 Å². The number of carbonyl (C=O) groups excluding carboxylic acids is 1. The number of ether oxygens (including phenoxy) is 1. The number of rotatable bonds is 3. The number of hydrogen-bond acceptors (Lipinski definition) is 6. The van der Waals surface area contributed by atoms with Crippen LogP contribution < -0.4 is 17.0 Å². The number of anilines is 1. The first kappa shape index (κ1) is 11.2. The molecule has 0 aliphatic heterocycles. The van der Waals surface area contributed by atoms with E-state index in [2.05, 4.69) is 15.4 Å². The van der Waals surface area contributed by atoms with Gasteiger partial charge < -0.3 is 15.1 Å². The number of nitrogen functional groups attached to an aromatic ring is 1. The van der Waals surface area contributed by atoms with Gasteiger partial charge in [-0.2, -0.15) is 4.98 Å². The summed E-state index contributed by atoms with van der Waals surface area (Å²) in [6.45, 7) is 3.49. The Morgan fingerprint density at radius 2 is 2.33 bits per heavy atom. The summed E-state index contributed by atoms with van der Waals surface area (Å²) in [5.41, 5.74) is 2.11. The maximum Gasteiger partial charge on any atom is 0.347 e. The fraction of sp³-hybridized carbons (Fsp3) is 0.375. The van der Waals surface area contributed by atoms with Gasteiger partial charge in [0.25, 0.3) is 0 Å². The molecular weight excluding hydrogens is 200 g/mol. The third kappa shape index (κ3) is 2.32. The largest absolute Gasteiger partial charge is 0.462 e. The summed E-state index contributed by atoms with van der Waals surface area (Å²) >= 11 is 0. The van der Waals surface area contributed by atoms with Gasteiger partial charge >= 0.3 is 11.7 Å². The van der Waals surface area contributed by atoms with Crippen LogP contribution in [0.25, 0.3) is 0 Å². The van der Waals surface area contributed by atoms with Crippen LogP contribution in [0.1, 0.15) is 23.0 Å². The molecule has 0 fully saturated rings. The molecule has 4 N–H and O–H groups in total. The highest BCUT2D eigenvalue weighted by molar-refractivity contribution is 5.95. The van der Waals surface area contributed by atoms with Gasteiger partial charge in [-0.1, -0.05) is 0 Å². The fourth-order valence-electron chi connectivity index (χ4n) is 1.14. The van der Waals surface area contributed by atoms with Crippen molar-refractivity contribution in [1.29, 1.82) is 0 Å². The summed E-state index contributed by atoms with van der Waals surface area (Å²) in [4.78, 5) is 28.4. The first-order chi connectivity index (χ1) is 7.10. The molecule has 0 unspecified atom stereocenters. The summed E-state index contributed by atoms with van der Waals surface area (Å²) in [6, 6.07) is 0. The zero-order valence-electron chi connectivity index (χ0n) is 8.46. The summed E-state index contributed by atoms with van der Waals surface area (Å²) in [5.74, 6) is 4.58. The normalized spacial score (nSPS) is 9.80. The number of H-pyrrole nitrogens is 1. The molecule has 7 heteroatoms. The maximum absolute atomic E-state index is 11.5. The van der Waals surface area contributed by atoms with Gasteiger partial charge in [-0.25, -0.2) is 15.4 Å². The van der Waals surface area contributed by atoms with Gasteiger partial charge in [0.05, 0.1) is 6.61 Å². The fourth-order valence-corrected chi connectivity index (χ4v) is 1.14.